The quantitative estimate of drug-likeness (QED) is 0.911. The van der Waals surface area contributed by atoms with E-state index in [2.05, 4.69) is 5.32 Å². The van der Waals surface area contributed by atoms with Crippen molar-refractivity contribution in [3.8, 4) is 11.5 Å². The van der Waals surface area contributed by atoms with Gasteiger partial charge in [0.25, 0.3) is 0 Å². The molecule has 1 aromatic carbocycles. The Morgan fingerprint density at radius 3 is 2.64 bits per heavy atom. The molecule has 1 aromatic rings. The molecule has 1 fully saturated rings. The van der Waals surface area contributed by atoms with Crippen molar-refractivity contribution in [2.24, 2.45) is 0 Å². The zero-order valence-corrected chi connectivity index (χ0v) is 13.2. The van der Waals surface area contributed by atoms with Crippen LogP contribution in [-0.2, 0) is 4.74 Å². The van der Waals surface area contributed by atoms with Crippen LogP contribution >= 0.6 is 0 Å². The number of rotatable bonds is 2. The molecule has 3 atom stereocenters. The van der Waals surface area contributed by atoms with Crippen LogP contribution in [0.25, 0.3) is 0 Å². The summed E-state index contributed by atoms with van der Waals surface area (Å²) in [4.78, 5) is 14.2. The first-order valence-electron chi connectivity index (χ1n) is 7.63. The fraction of sp³-hybridized carbons (Fsp3) is 0.562. The van der Waals surface area contributed by atoms with Crippen LogP contribution in [0.1, 0.15) is 32.4 Å². The lowest BCUT2D eigenvalue weighted by Gasteiger charge is -2.35. The lowest BCUT2D eigenvalue weighted by Crippen LogP contribution is -2.52. The van der Waals surface area contributed by atoms with Crippen LogP contribution in [-0.4, -0.2) is 43.0 Å². The molecule has 3 rings (SSSR count). The molecule has 3 unspecified atom stereocenters. The summed E-state index contributed by atoms with van der Waals surface area (Å²) >= 11 is 0. The van der Waals surface area contributed by atoms with Gasteiger partial charge in [-0.3, -0.25) is 0 Å². The number of morpholine rings is 1. The molecule has 120 valence electrons. The van der Waals surface area contributed by atoms with Gasteiger partial charge >= 0.3 is 6.03 Å². The molecule has 2 amide bonds. The van der Waals surface area contributed by atoms with E-state index in [1.807, 2.05) is 43.9 Å². The van der Waals surface area contributed by atoms with Gasteiger partial charge in [0.2, 0.25) is 6.79 Å². The van der Waals surface area contributed by atoms with Crippen LogP contribution in [0.3, 0.4) is 0 Å². The molecule has 2 aliphatic rings. The SMILES string of the molecule is CC1CN(C(=O)NC(C)c2ccc3c(c2)OCO3)CC(C)O1. The van der Waals surface area contributed by atoms with Gasteiger partial charge in [-0.05, 0) is 38.5 Å². The predicted molar refractivity (Wildman–Crippen MR) is 81.1 cm³/mol. The van der Waals surface area contributed by atoms with Crippen molar-refractivity contribution in [1.29, 1.82) is 0 Å². The highest BCUT2D eigenvalue weighted by Gasteiger charge is 2.27. The second-order valence-corrected chi connectivity index (χ2v) is 5.95. The number of carbonyl (C=O) groups excluding carboxylic acids is 1. The van der Waals surface area contributed by atoms with Gasteiger partial charge in [0.15, 0.2) is 11.5 Å². The van der Waals surface area contributed by atoms with E-state index < -0.39 is 0 Å². The summed E-state index contributed by atoms with van der Waals surface area (Å²) < 4.78 is 16.3. The minimum atomic E-state index is -0.101. The van der Waals surface area contributed by atoms with Gasteiger partial charge < -0.3 is 24.4 Å². The van der Waals surface area contributed by atoms with Gasteiger partial charge in [-0.25, -0.2) is 4.79 Å². The maximum Gasteiger partial charge on any atom is 0.318 e. The normalized spacial score (nSPS) is 25.0. The number of amides is 2. The van der Waals surface area contributed by atoms with Crippen LogP contribution in [0.15, 0.2) is 18.2 Å². The smallest absolute Gasteiger partial charge is 0.318 e. The largest absolute Gasteiger partial charge is 0.454 e. The average molecular weight is 306 g/mol. The second kappa shape index (κ2) is 6.04. The molecule has 2 aliphatic heterocycles. The first kappa shape index (κ1) is 15.0. The number of benzene rings is 1. The topological polar surface area (TPSA) is 60.0 Å². The highest BCUT2D eigenvalue weighted by Crippen LogP contribution is 2.34. The summed E-state index contributed by atoms with van der Waals surface area (Å²) in [5.41, 5.74) is 0.993. The molecule has 22 heavy (non-hydrogen) atoms. The number of ether oxygens (including phenoxy) is 3. The summed E-state index contributed by atoms with van der Waals surface area (Å²) in [6.45, 7) is 7.41. The van der Waals surface area contributed by atoms with E-state index in [-0.39, 0.29) is 31.1 Å². The lowest BCUT2D eigenvalue weighted by molar-refractivity contribution is -0.0547. The molecule has 2 heterocycles. The Hall–Kier alpha value is -1.95. The van der Waals surface area contributed by atoms with Crippen molar-refractivity contribution in [2.45, 2.75) is 39.0 Å². The number of carbonyl (C=O) groups is 1. The maximum atomic E-state index is 12.4. The van der Waals surface area contributed by atoms with E-state index in [9.17, 15) is 4.79 Å². The van der Waals surface area contributed by atoms with Crippen LogP contribution in [0.4, 0.5) is 4.79 Å². The third kappa shape index (κ3) is 3.11. The zero-order valence-electron chi connectivity index (χ0n) is 13.2. The van der Waals surface area contributed by atoms with Gasteiger partial charge in [-0.2, -0.15) is 0 Å². The molecule has 6 heteroatoms. The van der Waals surface area contributed by atoms with Gasteiger partial charge in [0.05, 0.1) is 18.2 Å². The van der Waals surface area contributed by atoms with E-state index in [1.165, 1.54) is 0 Å². The molecule has 6 nitrogen and oxygen atoms in total. The minimum Gasteiger partial charge on any atom is -0.454 e. The molecule has 0 aliphatic carbocycles. The minimum absolute atomic E-state index is 0.0628. The van der Waals surface area contributed by atoms with Crippen molar-refractivity contribution < 1.29 is 19.0 Å². The summed E-state index contributed by atoms with van der Waals surface area (Å²) in [7, 11) is 0. The van der Waals surface area contributed by atoms with E-state index in [4.69, 9.17) is 14.2 Å². The first-order valence-corrected chi connectivity index (χ1v) is 7.63. The van der Waals surface area contributed by atoms with Crippen molar-refractivity contribution in [3.63, 3.8) is 0 Å². The number of hydrogen-bond donors (Lipinski definition) is 1. The fourth-order valence-corrected chi connectivity index (χ4v) is 2.89. The number of nitrogens with one attached hydrogen (secondary N) is 1. The Labute approximate surface area is 130 Å². The molecule has 0 saturated carbocycles. The summed E-state index contributed by atoms with van der Waals surface area (Å²) in [6, 6.07) is 5.57. The van der Waals surface area contributed by atoms with Crippen molar-refractivity contribution >= 4 is 6.03 Å². The van der Waals surface area contributed by atoms with Gasteiger partial charge in [0, 0.05) is 13.1 Å². The van der Waals surface area contributed by atoms with Crippen LogP contribution < -0.4 is 14.8 Å². The average Bonchev–Trinajstić information content (AvgIpc) is 2.93. The Bertz CT molecular complexity index is 553. The Kier molecular flexibility index (Phi) is 4.11. The van der Waals surface area contributed by atoms with Gasteiger partial charge in [-0.1, -0.05) is 6.07 Å². The molecule has 0 aromatic heterocycles. The van der Waals surface area contributed by atoms with Crippen molar-refractivity contribution in [3.05, 3.63) is 23.8 Å². The van der Waals surface area contributed by atoms with Crippen LogP contribution in [0, 0.1) is 0 Å². The monoisotopic (exact) mass is 306 g/mol. The lowest BCUT2D eigenvalue weighted by atomic mass is 10.1. The summed E-state index contributed by atoms with van der Waals surface area (Å²) in [6.07, 6.45) is 0.130. The van der Waals surface area contributed by atoms with E-state index in [1.54, 1.807) is 0 Å². The molecule has 0 radical (unpaired) electrons. The maximum absolute atomic E-state index is 12.4. The first-order chi connectivity index (χ1) is 10.5. The molecule has 1 N–H and O–H groups in total. The van der Waals surface area contributed by atoms with E-state index in [0.717, 1.165) is 17.1 Å². The standard InChI is InChI=1S/C16H22N2O4/c1-10-7-18(8-11(2)22-10)16(19)17-12(3)13-4-5-14-15(6-13)21-9-20-14/h4-6,10-12H,7-9H2,1-3H3,(H,17,19). The predicted octanol–water partition coefficient (Wildman–Crippen LogP) is 2.30. The fourth-order valence-electron chi connectivity index (χ4n) is 2.89. The van der Waals surface area contributed by atoms with Gasteiger partial charge in [-0.15, -0.1) is 0 Å². The highest BCUT2D eigenvalue weighted by atomic mass is 16.7. The molecule has 0 spiro atoms. The molecular weight excluding hydrogens is 284 g/mol. The Balaban J connectivity index is 1.63. The van der Waals surface area contributed by atoms with Gasteiger partial charge in [0.1, 0.15) is 0 Å². The Morgan fingerprint density at radius 1 is 1.23 bits per heavy atom. The third-order valence-corrected chi connectivity index (χ3v) is 3.94. The zero-order chi connectivity index (χ0) is 15.7. The second-order valence-electron chi connectivity index (χ2n) is 5.95. The third-order valence-electron chi connectivity index (χ3n) is 3.94. The van der Waals surface area contributed by atoms with Crippen LogP contribution in [0.5, 0.6) is 11.5 Å². The van der Waals surface area contributed by atoms with E-state index >= 15 is 0 Å². The number of fused-ring (bicyclic) bond motifs is 1. The highest BCUT2D eigenvalue weighted by molar-refractivity contribution is 5.75. The number of urea groups is 1. The summed E-state index contributed by atoms with van der Waals surface area (Å²) in [5.74, 6) is 1.48. The molecule has 1 saturated heterocycles. The Morgan fingerprint density at radius 2 is 1.91 bits per heavy atom. The van der Waals surface area contributed by atoms with E-state index in [0.29, 0.717) is 13.1 Å². The van der Waals surface area contributed by atoms with Crippen molar-refractivity contribution in [2.75, 3.05) is 19.9 Å². The summed E-state index contributed by atoms with van der Waals surface area (Å²) in [5, 5.41) is 3.03. The molecule has 0 bridgehead atoms. The number of hydrogen-bond acceptors (Lipinski definition) is 4. The molecular formula is C16H22N2O4. The number of nitrogens with zero attached hydrogens (tertiary/aromatic N) is 1. The van der Waals surface area contributed by atoms with Crippen molar-refractivity contribution in [1.82, 2.24) is 10.2 Å². The van der Waals surface area contributed by atoms with Crippen LogP contribution in [0.2, 0.25) is 0 Å².